The maximum atomic E-state index is 13.3. The van der Waals surface area contributed by atoms with Crippen molar-refractivity contribution in [3.05, 3.63) is 54.0 Å². The van der Waals surface area contributed by atoms with Crippen LogP contribution < -0.4 is 10.6 Å². The van der Waals surface area contributed by atoms with Gasteiger partial charge >= 0.3 is 6.55 Å². The number of nitrogens with zero attached hydrogens (tertiary/aromatic N) is 3. The van der Waals surface area contributed by atoms with Crippen molar-refractivity contribution in [3.8, 4) is 0 Å². The van der Waals surface area contributed by atoms with Crippen molar-refractivity contribution in [2.24, 2.45) is 4.99 Å². The molecule has 0 saturated carbocycles. The van der Waals surface area contributed by atoms with Crippen LogP contribution in [0, 0.1) is 5.82 Å². The summed E-state index contributed by atoms with van der Waals surface area (Å²) in [6.07, 6.45) is 5.12. The predicted octanol–water partition coefficient (Wildman–Crippen LogP) is 3.81. The first-order chi connectivity index (χ1) is 13.1. The molecule has 0 amide bonds. The lowest BCUT2D eigenvalue weighted by Gasteiger charge is -2.11. The summed E-state index contributed by atoms with van der Waals surface area (Å²) in [7, 11) is 0. The fourth-order valence-electron chi connectivity index (χ4n) is 2.82. The Balaban J connectivity index is 0.00000280. The highest BCUT2D eigenvalue weighted by molar-refractivity contribution is 14.0. The van der Waals surface area contributed by atoms with Crippen LogP contribution in [0.25, 0.3) is 10.9 Å². The van der Waals surface area contributed by atoms with Crippen molar-refractivity contribution >= 4 is 40.8 Å². The van der Waals surface area contributed by atoms with E-state index >= 15 is 0 Å². The first kappa shape index (κ1) is 22.1. The molecule has 2 aromatic heterocycles. The molecule has 1 aromatic carbocycles. The molecule has 0 spiro atoms. The Labute approximate surface area is 177 Å². The second-order valence-corrected chi connectivity index (χ2v) is 5.90. The third-order valence-corrected chi connectivity index (χ3v) is 4.10. The van der Waals surface area contributed by atoms with E-state index in [1.54, 1.807) is 6.07 Å². The first-order valence-electron chi connectivity index (χ1n) is 8.66. The van der Waals surface area contributed by atoms with Gasteiger partial charge in [-0.3, -0.25) is 4.57 Å². The minimum absolute atomic E-state index is 0. The third-order valence-electron chi connectivity index (χ3n) is 4.10. The van der Waals surface area contributed by atoms with Crippen LogP contribution in [-0.4, -0.2) is 33.6 Å². The number of H-pyrrole nitrogens is 1. The maximum Gasteiger partial charge on any atom is 0.319 e. The van der Waals surface area contributed by atoms with E-state index in [1.165, 1.54) is 24.5 Å². The van der Waals surface area contributed by atoms with E-state index in [0.29, 0.717) is 25.5 Å². The highest BCUT2D eigenvalue weighted by Crippen LogP contribution is 2.19. The standard InChI is InChI=1S/C18H21F3N6.HI/c1-2-22-18(26-11-16-23-7-8-27(16)17(20)21)24-6-5-12-10-25-15-9-13(19)3-4-14(12)15;/h3-4,7-10,17,25H,2,5-6,11H2,1H3,(H2,22,24,26);1H. The van der Waals surface area contributed by atoms with Crippen molar-refractivity contribution in [2.75, 3.05) is 13.1 Å². The molecular weight excluding hydrogens is 484 g/mol. The quantitative estimate of drug-likeness (QED) is 0.260. The zero-order chi connectivity index (χ0) is 19.2. The summed E-state index contributed by atoms with van der Waals surface area (Å²) in [5.41, 5.74) is 1.81. The summed E-state index contributed by atoms with van der Waals surface area (Å²) in [5.74, 6) is 0.436. The smallest absolute Gasteiger partial charge is 0.319 e. The Morgan fingerprint density at radius 2 is 2.14 bits per heavy atom. The summed E-state index contributed by atoms with van der Waals surface area (Å²) in [6.45, 7) is 0.547. The van der Waals surface area contributed by atoms with E-state index in [0.717, 1.165) is 21.0 Å². The predicted molar refractivity (Wildman–Crippen MR) is 114 cm³/mol. The highest BCUT2D eigenvalue weighted by Gasteiger charge is 2.11. The molecule has 0 aliphatic heterocycles. The van der Waals surface area contributed by atoms with Crippen molar-refractivity contribution in [2.45, 2.75) is 26.4 Å². The lowest BCUT2D eigenvalue weighted by Crippen LogP contribution is -2.38. The van der Waals surface area contributed by atoms with Crippen LogP contribution in [0.2, 0.25) is 0 Å². The molecule has 3 N–H and O–H groups in total. The number of fused-ring (bicyclic) bond motifs is 1. The Kier molecular flexibility index (Phi) is 8.15. The summed E-state index contributed by atoms with van der Waals surface area (Å²) in [6, 6.07) is 4.65. The van der Waals surface area contributed by atoms with Gasteiger partial charge in [0.1, 0.15) is 18.2 Å². The van der Waals surface area contributed by atoms with Gasteiger partial charge in [0.2, 0.25) is 0 Å². The monoisotopic (exact) mass is 506 g/mol. The van der Waals surface area contributed by atoms with E-state index in [1.807, 2.05) is 13.1 Å². The number of benzene rings is 1. The fraction of sp³-hybridized carbons (Fsp3) is 0.333. The topological polar surface area (TPSA) is 70.0 Å². The van der Waals surface area contributed by atoms with Crippen molar-refractivity contribution in [1.82, 2.24) is 25.2 Å². The van der Waals surface area contributed by atoms with Gasteiger partial charge in [-0.1, -0.05) is 0 Å². The molecule has 0 unspecified atom stereocenters. The number of halogens is 4. The molecule has 0 fully saturated rings. The number of nitrogens with one attached hydrogen (secondary N) is 3. The number of alkyl halides is 2. The maximum absolute atomic E-state index is 13.3. The van der Waals surface area contributed by atoms with Crippen LogP contribution in [0.1, 0.15) is 24.9 Å². The molecule has 28 heavy (non-hydrogen) atoms. The van der Waals surface area contributed by atoms with Crippen LogP contribution in [0.3, 0.4) is 0 Å². The lowest BCUT2D eigenvalue weighted by molar-refractivity contribution is 0.0671. The highest BCUT2D eigenvalue weighted by atomic mass is 127. The van der Waals surface area contributed by atoms with Crippen LogP contribution in [-0.2, 0) is 13.0 Å². The number of aromatic amines is 1. The molecule has 3 rings (SSSR count). The van der Waals surface area contributed by atoms with E-state index in [-0.39, 0.29) is 42.2 Å². The zero-order valence-electron chi connectivity index (χ0n) is 15.3. The number of rotatable bonds is 7. The van der Waals surface area contributed by atoms with Crippen LogP contribution in [0.15, 0.2) is 41.8 Å². The molecule has 10 heteroatoms. The molecule has 0 saturated heterocycles. The van der Waals surface area contributed by atoms with Crippen molar-refractivity contribution in [1.29, 1.82) is 0 Å². The van der Waals surface area contributed by atoms with Gasteiger partial charge in [-0.25, -0.2) is 14.4 Å². The number of hydrogen-bond donors (Lipinski definition) is 3. The van der Waals surface area contributed by atoms with Crippen molar-refractivity contribution in [3.63, 3.8) is 0 Å². The molecular formula is C18H22F3IN6. The molecule has 152 valence electrons. The Morgan fingerprint density at radius 1 is 1.32 bits per heavy atom. The van der Waals surface area contributed by atoms with Gasteiger partial charge < -0.3 is 15.6 Å². The largest absolute Gasteiger partial charge is 0.361 e. The minimum Gasteiger partial charge on any atom is -0.361 e. The van der Waals surface area contributed by atoms with Gasteiger partial charge in [-0.2, -0.15) is 8.78 Å². The number of hydrogen-bond acceptors (Lipinski definition) is 2. The average Bonchev–Trinajstić information content (AvgIpc) is 3.26. The summed E-state index contributed by atoms with van der Waals surface area (Å²) >= 11 is 0. The summed E-state index contributed by atoms with van der Waals surface area (Å²) < 4.78 is 39.8. The normalized spacial score (nSPS) is 11.7. The third kappa shape index (κ3) is 5.40. The number of imidazole rings is 1. The van der Waals surface area contributed by atoms with E-state index in [9.17, 15) is 13.2 Å². The molecule has 2 heterocycles. The number of aromatic nitrogens is 3. The molecule has 0 radical (unpaired) electrons. The molecule has 0 bridgehead atoms. The Morgan fingerprint density at radius 3 is 2.89 bits per heavy atom. The fourth-order valence-corrected chi connectivity index (χ4v) is 2.82. The SMILES string of the molecule is CCNC(=NCc1nccn1C(F)F)NCCc1c[nH]c2cc(F)ccc12.I. The molecule has 0 aliphatic carbocycles. The van der Waals surface area contributed by atoms with Crippen LogP contribution in [0.5, 0.6) is 0 Å². The average molecular weight is 506 g/mol. The molecule has 0 atom stereocenters. The molecule has 0 aliphatic rings. The zero-order valence-corrected chi connectivity index (χ0v) is 17.6. The van der Waals surface area contributed by atoms with E-state index in [2.05, 4.69) is 25.6 Å². The lowest BCUT2D eigenvalue weighted by atomic mass is 10.1. The van der Waals surface area contributed by atoms with Crippen molar-refractivity contribution < 1.29 is 13.2 Å². The van der Waals surface area contributed by atoms with Crippen LogP contribution in [0.4, 0.5) is 13.2 Å². The Hall–Kier alpha value is -2.24. The van der Waals surface area contributed by atoms with Crippen LogP contribution >= 0.6 is 24.0 Å². The first-order valence-corrected chi connectivity index (χ1v) is 8.66. The summed E-state index contributed by atoms with van der Waals surface area (Å²) in [4.78, 5) is 11.3. The van der Waals surface area contributed by atoms with Gasteiger partial charge in [0, 0.05) is 42.6 Å². The second kappa shape index (κ2) is 10.3. The van der Waals surface area contributed by atoms with Gasteiger partial charge in [0.05, 0.1) is 0 Å². The molecule has 6 nitrogen and oxygen atoms in total. The van der Waals surface area contributed by atoms with E-state index < -0.39 is 6.55 Å². The number of aliphatic imine (C=N–C) groups is 1. The minimum atomic E-state index is -2.64. The Bertz CT molecular complexity index is 921. The van der Waals surface area contributed by atoms with Gasteiger partial charge in [-0.15, -0.1) is 24.0 Å². The second-order valence-electron chi connectivity index (χ2n) is 5.90. The van der Waals surface area contributed by atoms with E-state index in [4.69, 9.17) is 0 Å². The summed E-state index contributed by atoms with van der Waals surface area (Å²) in [5, 5.41) is 7.22. The van der Waals surface area contributed by atoms with Gasteiger partial charge in [0.15, 0.2) is 5.96 Å². The number of guanidine groups is 1. The molecule has 3 aromatic rings. The van der Waals surface area contributed by atoms with Gasteiger partial charge in [0.25, 0.3) is 0 Å². The van der Waals surface area contributed by atoms with Gasteiger partial charge in [-0.05, 0) is 37.1 Å².